The second-order valence-corrected chi connectivity index (χ2v) is 5.75. The van der Waals surface area contributed by atoms with E-state index >= 15 is 0 Å². The lowest BCUT2D eigenvalue weighted by Gasteiger charge is -1.96. The summed E-state index contributed by atoms with van der Waals surface area (Å²) < 4.78 is 0.991. The molecule has 22 heavy (non-hydrogen) atoms. The molecule has 0 atom stereocenters. The van der Waals surface area contributed by atoms with Gasteiger partial charge >= 0.3 is 5.97 Å². The molecule has 108 valence electrons. The van der Waals surface area contributed by atoms with Crippen molar-refractivity contribution in [1.29, 1.82) is 0 Å². The standard InChI is InChI=1S/C17H12N2O2S/c1-3-5-14-10(4-2)9-15(22-14)16-12-8-11(17(20)21)6-7-13(12)18-19-16/h1,4-9H,2H3,(H,18,19)(H,20,21)/b10-4-,14-5+. The third-order valence-electron chi connectivity index (χ3n) is 3.36. The number of hydrogen-bond donors (Lipinski definition) is 2. The van der Waals surface area contributed by atoms with E-state index in [2.05, 4.69) is 16.1 Å². The minimum Gasteiger partial charge on any atom is -0.478 e. The summed E-state index contributed by atoms with van der Waals surface area (Å²) >= 11 is 1.54. The van der Waals surface area contributed by atoms with Crippen molar-refractivity contribution < 1.29 is 9.90 Å². The number of carbonyl (C=O) groups is 1. The van der Waals surface area contributed by atoms with Gasteiger partial charge in [0.25, 0.3) is 0 Å². The third-order valence-corrected chi connectivity index (χ3v) is 4.46. The van der Waals surface area contributed by atoms with E-state index in [1.807, 2.05) is 19.1 Å². The van der Waals surface area contributed by atoms with E-state index in [-0.39, 0.29) is 5.56 Å². The van der Waals surface area contributed by atoms with Gasteiger partial charge in [-0.3, -0.25) is 5.10 Å². The quantitative estimate of drug-likeness (QED) is 0.713. The summed E-state index contributed by atoms with van der Waals surface area (Å²) in [5, 5.41) is 18.2. The molecule has 0 fully saturated rings. The van der Waals surface area contributed by atoms with Gasteiger partial charge in [-0.25, -0.2) is 4.79 Å². The Balaban J connectivity index is 2.27. The first kappa shape index (κ1) is 14.1. The Morgan fingerprint density at radius 3 is 2.95 bits per heavy atom. The summed E-state index contributed by atoms with van der Waals surface area (Å²) in [5.74, 6) is 1.58. The monoisotopic (exact) mass is 308 g/mol. The van der Waals surface area contributed by atoms with Crippen LogP contribution < -0.4 is 9.75 Å². The van der Waals surface area contributed by atoms with Gasteiger partial charge in [-0.05, 0) is 36.4 Å². The van der Waals surface area contributed by atoms with Crippen LogP contribution in [0.5, 0.6) is 0 Å². The molecule has 1 aromatic carbocycles. The highest BCUT2D eigenvalue weighted by Gasteiger charge is 2.12. The van der Waals surface area contributed by atoms with Gasteiger partial charge < -0.3 is 5.11 Å². The molecular weight excluding hydrogens is 296 g/mol. The first-order valence-electron chi connectivity index (χ1n) is 6.58. The number of nitrogens with one attached hydrogen (secondary N) is 1. The average Bonchev–Trinajstić information content (AvgIpc) is 3.10. The largest absolute Gasteiger partial charge is 0.478 e. The van der Waals surface area contributed by atoms with E-state index in [1.165, 1.54) is 11.3 Å². The second-order valence-electron chi connectivity index (χ2n) is 4.67. The maximum absolute atomic E-state index is 11.1. The number of aromatic amines is 1. The van der Waals surface area contributed by atoms with Crippen LogP contribution in [0.4, 0.5) is 0 Å². The van der Waals surface area contributed by atoms with Crippen molar-refractivity contribution in [2.24, 2.45) is 0 Å². The number of terminal acetylenes is 1. The Hall–Kier alpha value is -2.84. The zero-order valence-electron chi connectivity index (χ0n) is 11.8. The number of aromatic carboxylic acids is 1. The number of hydrogen-bond acceptors (Lipinski definition) is 3. The normalized spacial score (nSPS) is 12.7. The number of nitrogens with zero attached hydrogens (tertiary/aromatic N) is 1. The van der Waals surface area contributed by atoms with E-state index in [0.717, 1.165) is 31.2 Å². The predicted octanol–water partition coefficient (Wildman–Crippen LogP) is 2.20. The van der Waals surface area contributed by atoms with E-state index in [0.29, 0.717) is 0 Å². The molecular formula is C17H12N2O2S. The van der Waals surface area contributed by atoms with Crippen molar-refractivity contribution in [1.82, 2.24) is 10.2 Å². The molecule has 0 aliphatic carbocycles. The fourth-order valence-electron chi connectivity index (χ4n) is 2.28. The molecule has 0 amide bonds. The van der Waals surface area contributed by atoms with Gasteiger partial charge in [0.2, 0.25) is 0 Å². The Morgan fingerprint density at radius 2 is 2.27 bits per heavy atom. The van der Waals surface area contributed by atoms with Gasteiger partial charge in [-0.1, -0.05) is 12.0 Å². The highest BCUT2D eigenvalue weighted by Crippen LogP contribution is 2.28. The van der Waals surface area contributed by atoms with Crippen LogP contribution in [-0.2, 0) is 0 Å². The molecule has 3 rings (SSSR count). The molecule has 0 aliphatic rings. The number of rotatable bonds is 2. The summed E-state index contributed by atoms with van der Waals surface area (Å²) in [6.07, 6.45) is 9.07. The smallest absolute Gasteiger partial charge is 0.335 e. The molecule has 3 aromatic rings. The molecule has 0 radical (unpaired) electrons. The van der Waals surface area contributed by atoms with Gasteiger partial charge in [-0.2, -0.15) is 5.10 Å². The molecule has 0 unspecified atom stereocenters. The highest BCUT2D eigenvalue weighted by atomic mass is 32.1. The van der Waals surface area contributed by atoms with Gasteiger partial charge in [0, 0.05) is 16.0 Å². The fraction of sp³-hybridized carbons (Fsp3) is 0.0588. The molecule has 0 aliphatic heterocycles. The van der Waals surface area contributed by atoms with E-state index in [1.54, 1.807) is 24.3 Å². The number of H-pyrrole nitrogens is 1. The van der Waals surface area contributed by atoms with Gasteiger partial charge in [0.1, 0.15) is 5.69 Å². The topological polar surface area (TPSA) is 66.0 Å². The van der Waals surface area contributed by atoms with E-state index < -0.39 is 5.97 Å². The predicted molar refractivity (Wildman–Crippen MR) is 89.1 cm³/mol. The first-order valence-corrected chi connectivity index (χ1v) is 7.40. The minimum atomic E-state index is -0.954. The Kier molecular flexibility index (Phi) is 3.53. The number of benzene rings is 1. The van der Waals surface area contributed by atoms with Crippen LogP contribution in [0.25, 0.3) is 33.6 Å². The van der Waals surface area contributed by atoms with Crippen LogP contribution in [0.2, 0.25) is 0 Å². The van der Waals surface area contributed by atoms with Crippen LogP contribution in [0.15, 0.2) is 24.3 Å². The molecule has 0 saturated heterocycles. The van der Waals surface area contributed by atoms with E-state index in [4.69, 9.17) is 11.5 Å². The Morgan fingerprint density at radius 1 is 1.45 bits per heavy atom. The summed E-state index contributed by atoms with van der Waals surface area (Å²) in [6, 6.07) is 6.93. The minimum absolute atomic E-state index is 0.240. The van der Waals surface area contributed by atoms with Crippen LogP contribution in [0, 0.1) is 12.3 Å². The Labute approximate surface area is 130 Å². The molecule has 0 spiro atoms. The van der Waals surface area contributed by atoms with Gasteiger partial charge in [-0.15, -0.1) is 17.8 Å². The molecule has 2 N–H and O–H groups in total. The van der Waals surface area contributed by atoms with Crippen LogP contribution in [0.1, 0.15) is 17.3 Å². The van der Waals surface area contributed by atoms with Crippen molar-refractivity contribution >= 4 is 40.4 Å². The molecule has 0 bridgehead atoms. The number of carboxylic acid groups (broad SMARTS) is 1. The summed E-state index contributed by atoms with van der Waals surface area (Å²) in [5.41, 5.74) is 1.78. The number of aromatic nitrogens is 2. The average molecular weight is 308 g/mol. The maximum Gasteiger partial charge on any atom is 0.335 e. The lowest BCUT2D eigenvalue weighted by molar-refractivity contribution is 0.0697. The van der Waals surface area contributed by atoms with Crippen LogP contribution in [0.3, 0.4) is 0 Å². The molecule has 0 saturated carbocycles. The fourth-order valence-corrected chi connectivity index (χ4v) is 3.38. The summed E-state index contributed by atoms with van der Waals surface area (Å²) in [6.45, 7) is 1.95. The number of thiophene rings is 1. The van der Waals surface area contributed by atoms with Crippen molar-refractivity contribution in [2.75, 3.05) is 0 Å². The number of carboxylic acids is 1. The van der Waals surface area contributed by atoms with Crippen LogP contribution >= 0.6 is 11.3 Å². The zero-order chi connectivity index (χ0) is 15.7. The first-order chi connectivity index (χ1) is 10.6. The summed E-state index contributed by atoms with van der Waals surface area (Å²) in [4.78, 5) is 12.1. The SMILES string of the molecule is C#C/C=c1/sc(-c2n[nH]c3ccc(C(=O)O)cc23)c/c1=C/C. The lowest BCUT2D eigenvalue weighted by Crippen LogP contribution is -2.16. The molecule has 5 heteroatoms. The second kappa shape index (κ2) is 5.51. The van der Waals surface area contributed by atoms with Crippen molar-refractivity contribution in [2.45, 2.75) is 6.92 Å². The van der Waals surface area contributed by atoms with Gasteiger partial charge in [0.05, 0.1) is 16.0 Å². The van der Waals surface area contributed by atoms with E-state index in [9.17, 15) is 4.79 Å². The third kappa shape index (κ3) is 2.30. The summed E-state index contributed by atoms with van der Waals surface area (Å²) in [7, 11) is 0. The van der Waals surface area contributed by atoms with Crippen molar-refractivity contribution in [3.05, 3.63) is 39.6 Å². The Bertz CT molecular complexity index is 1030. The molecule has 2 aromatic heterocycles. The highest BCUT2D eigenvalue weighted by molar-refractivity contribution is 7.13. The van der Waals surface area contributed by atoms with Gasteiger partial charge in [0.15, 0.2) is 0 Å². The van der Waals surface area contributed by atoms with Crippen LogP contribution in [-0.4, -0.2) is 21.3 Å². The van der Waals surface area contributed by atoms with Crippen molar-refractivity contribution in [3.8, 4) is 22.9 Å². The number of fused-ring (bicyclic) bond motifs is 1. The maximum atomic E-state index is 11.1. The molecule has 2 heterocycles. The van der Waals surface area contributed by atoms with Crippen molar-refractivity contribution in [3.63, 3.8) is 0 Å². The zero-order valence-corrected chi connectivity index (χ0v) is 12.6. The molecule has 4 nitrogen and oxygen atoms in total. The lowest BCUT2D eigenvalue weighted by atomic mass is 10.1.